The lowest BCUT2D eigenvalue weighted by atomic mass is 10.1. The van der Waals surface area contributed by atoms with Gasteiger partial charge in [-0.1, -0.05) is 0 Å². The van der Waals surface area contributed by atoms with Crippen LogP contribution in [0.3, 0.4) is 0 Å². The predicted molar refractivity (Wildman–Crippen MR) is 102 cm³/mol. The molecule has 4 aromatic rings. The van der Waals surface area contributed by atoms with Crippen LogP contribution in [0.1, 0.15) is 18.3 Å². The standard InChI is InChI=1S/C20H20N4O3/c1-2-27-18-6-3-13(9-14(18)11-25)20-21-7-8-24(20)15-4-5-16-17(10-15)23-19(12-26)22-16/h3-10,25-26H,2,11-12H2,1H3,(H,22,23). The summed E-state index contributed by atoms with van der Waals surface area (Å²) in [6.07, 6.45) is 3.62. The zero-order chi connectivity index (χ0) is 18.8. The van der Waals surface area contributed by atoms with Crippen molar-refractivity contribution in [3.63, 3.8) is 0 Å². The van der Waals surface area contributed by atoms with Crippen LogP contribution in [0.2, 0.25) is 0 Å². The Kier molecular flexibility index (Phi) is 4.62. The molecule has 27 heavy (non-hydrogen) atoms. The molecule has 0 bridgehead atoms. The Labute approximate surface area is 155 Å². The number of aromatic amines is 1. The van der Waals surface area contributed by atoms with Gasteiger partial charge in [0, 0.05) is 29.2 Å². The summed E-state index contributed by atoms with van der Waals surface area (Å²) in [5.41, 5.74) is 4.17. The third kappa shape index (κ3) is 3.18. The van der Waals surface area contributed by atoms with E-state index in [1.807, 2.05) is 54.1 Å². The molecular formula is C20H20N4O3. The molecule has 0 atom stereocenters. The van der Waals surface area contributed by atoms with Gasteiger partial charge in [-0.2, -0.15) is 0 Å². The number of imidazole rings is 2. The number of fused-ring (bicyclic) bond motifs is 1. The number of aliphatic hydroxyl groups excluding tert-OH is 2. The molecule has 138 valence electrons. The van der Waals surface area contributed by atoms with E-state index in [0.29, 0.717) is 18.2 Å². The number of rotatable bonds is 6. The van der Waals surface area contributed by atoms with Gasteiger partial charge in [-0.3, -0.25) is 4.57 Å². The van der Waals surface area contributed by atoms with Gasteiger partial charge in [0.05, 0.1) is 24.2 Å². The summed E-state index contributed by atoms with van der Waals surface area (Å²) < 4.78 is 7.53. The Morgan fingerprint density at radius 3 is 2.78 bits per heavy atom. The van der Waals surface area contributed by atoms with E-state index in [2.05, 4.69) is 15.0 Å². The van der Waals surface area contributed by atoms with Crippen molar-refractivity contribution >= 4 is 11.0 Å². The summed E-state index contributed by atoms with van der Waals surface area (Å²) in [6.45, 7) is 2.22. The summed E-state index contributed by atoms with van der Waals surface area (Å²) in [5.74, 6) is 1.97. The minimum Gasteiger partial charge on any atom is -0.494 e. The Morgan fingerprint density at radius 2 is 2.00 bits per heavy atom. The SMILES string of the molecule is CCOc1ccc(-c2nccn2-c2ccc3nc(CO)[nH]c3c2)cc1CO. The number of aromatic nitrogens is 4. The molecule has 0 radical (unpaired) electrons. The Balaban J connectivity index is 1.77. The van der Waals surface area contributed by atoms with Crippen LogP contribution in [-0.2, 0) is 13.2 Å². The predicted octanol–water partition coefficient (Wildman–Crippen LogP) is 2.80. The Hall–Kier alpha value is -3.16. The molecule has 4 rings (SSSR count). The molecule has 2 heterocycles. The van der Waals surface area contributed by atoms with Gasteiger partial charge in [0.15, 0.2) is 0 Å². The van der Waals surface area contributed by atoms with Crippen LogP contribution in [0, 0.1) is 0 Å². The molecular weight excluding hydrogens is 344 g/mol. The third-order valence-electron chi connectivity index (χ3n) is 4.37. The van der Waals surface area contributed by atoms with Crippen molar-refractivity contribution in [2.75, 3.05) is 6.61 Å². The fraction of sp³-hybridized carbons (Fsp3) is 0.200. The van der Waals surface area contributed by atoms with Crippen LogP contribution in [0.15, 0.2) is 48.8 Å². The molecule has 0 saturated carbocycles. The van der Waals surface area contributed by atoms with Crippen LogP contribution in [0.4, 0.5) is 0 Å². The highest BCUT2D eigenvalue weighted by atomic mass is 16.5. The lowest BCUT2D eigenvalue weighted by molar-refractivity contribution is 0.267. The van der Waals surface area contributed by atoms with E-state index in [1.54, 1.807) is 6.20 Å². The quantitative estimate of drug-likeness (QED) is 0.489. The molecule has 0 aliphatic carbocycles. The number of nitrogens with zero attached hydrogens (tertiary/aromatic N) is 3. The van der Waals surface area contributed by atoms with Gasteiger partial charge < -0.3 is 19.9 Å². The summed E-state index contributed by atoms with van der Waals surface area (Å²) in [6, 6.07) is 11.5. The number of H-pyrrole nitrogens is 1. The Bertz CT molecular complexity index is 1080. The molecule has 2 aromatic carbocycles. The fourth-order valence-corrected chi connectivity index (χ4v) is 3.14. The molecule has 0 aliphatic heterocycles. The van der Waals surface area contributed by atoms with Gasteiger partial charge in [0.1, 0.15) is 24.0 Å². The van der Waals surface area contributed by atoms with E-state index < -0.39 is 0 Å². The monoisotopic (exact) mass is 364 g/mol. The van der Waals surface area contributed by atoms with Crippen molar-refractivity contribution in [3.05, 3.63) is 60.2 Å². The van der Waals surface area contributed by atoms with Crippen molar-refractivity contribution in [3.8, 4) is 22.8 Å². The zero-order valence-corrected chi connectivity index (χ0v) is 14.9. The first-order valence-corrected chi connectivity index (χ1v) is 8.73. The topological polar surface area (TPSA) is 96.2 Å². The van der Waals surface area contributed by atoms with Gasteiger partial charge in [-0.25, -0.2) is 9.97 Å². The van der Waals surface area contributed by atoms with Gasteiger partial charge in [-0.05, 0) is 43.3 Å². The van der Waals surface area contributed by atoms with Crippen LogP contribution >= 0.6 is 0 Å². The number of nitrogens with one attached hydrogen (secondary N) is 1. The normalized spacial score (nSPS) is 11.2. The molecule has 7 nitrogen and oxygen atoms in total. The van der Waals surface area contributed by atoms with Gasteiger partial charge in [-0.15, -0.1) is 0 Å². The lowest BCUT2D eigenvalue weighted by Crippen LogP contribution is -2.00. The molecule has 3 N–H and O–H groups in total. The van der Waals surface area contributed by atoms with Crippen molar-refractivity contribution in [2.45, 2.75) is 20.1 Å². The highest BCUT2D eigenvalue weighted by molar-refractivity contribution is 5.78. The van der Waals surface area contributed by atoms with E-state index in [9.17, 15) is 10.2 Å². The smallest absolute Gasteiger partial charge is 0.144 e. The largest absolute Gasteiger partial charge is 0.494 e. The summed E-state index contributed by atoms with van der Waals surface area (Å²) >= 11 is 0. The number of benzene rings is 2. The number of hydrogen-bond donors (Lipinski definition) is 3. The molecule has 0 fully saturated rings. The van der Waals surface area contributed by atoms with Crippen molar-refractivity contribution in [2.24, 2.45) is 0 Å². The zero-order valence-electron chi connectivity index (χ0n) is 14.9. The van der Waals surface area contributed by atoms with Crippen molar-refractivity contribution in [1.29, 1.82) is 0 Å². The summed E-state index contributed by atoms with van der Waals surface area (Å²) in [5, 5.41) is 18.9. The minimum absolute atomic E-state index is 0.103. The highest BCUT2D eigenvalue weighted by Crippen LogP contribution is 2.28. The molecule has 2 aromatic heterocycles. The van der Waals surface area contributed by atoms with Crippen molar-refractivity contribution < 1.29 is 14.9 Å². The maximum atomic E-state index is 9.66. The van der Waals surface area contributed by atoms with Crippen LogP contribution in [-0.4, -0.2) is 36.3 Å². The van der Waals surface area contributed by atoms with Gasteiger partial charge >= 0.3 is 0 Å². The summed E-state index contributed by atoms with van der Waals surface area (Å²) in [7, 11) is 0. The lowest BCUT2D eigenvalue weighted by Gasteiger charge is -2.12. The molecule has 0 unspecified atom stereocenters. The maximum absolute atomic E-state index is 9.66. The highest BCUT2D eigenvalue weighted by Gasteiger charge is 2.12. The number of aliphatic hydroxyl groups is 2. The van der Waals surface area contributed by atoms with E-state index in [1.165, 1.54) is 0 Å². The molecule has 0 saturated heterocycles. The second-order valence-corrected chi connectivity index (χ2v) is 6.08. The van der Waals surface area contributed by atoms with E-state index in [4.69, 9.17) is 4.74 Å². The van der Waals surface area contributed by atoms with Gasteiger partial charge in [0.2, 0.25) is 0 Å². The van der Waals surface area contributed by atoms with E-state index in [0.717, 1.165) is 33.7 Å². The molecule has 7 heteroatoms. The second kappa shape index (κ2) is 7.22. The fourth-order valence-electron chi connectivity index (χ4n) is 3.14. The molecule has 0 aliphatic rings. The van der Waals surface area contributed by atoms with Gasteiger partial charge in [0.25, 0.3) is 0 Å². The van der Waals surface area contributed by atoms with Crippen LogP contribution < -0.4 is 4.74 Å². The molecule has 0 amide bonds. The third-order valence-corrected chi connectivity index (χ3v) is 4.37. The van der Waals surface area contributed by atoms with Crippen molar-refractivity contribution in [1.82, 2.24) is 19.5 Å². The first kappa shape index (κ1) is 17.3. The van der Waals surface area contributed by atoms with E-state index in [-0.39, 0.29) is 13.2 Å². The number of hydrogen-bond acceptors (Lipinski definition) is 5. The Morgan fingerprint density at radius 1 is 1.11 bits per heavy atom. The van der Waals surface area contributed by atoms with Crippen LogP contribution in [0.5, 0.6) is 5.75 Å². The van der Waals surface area contributed by atoms with E-state index >= 15 is 0 Å². The second-order valence-electron chi connectivity index (χ2n) is 6.08. The average Bonchev–Trinajstić information content (AvgIpc) is 3.34. The van der Waals surface area contributed by atoms with Crippen LogP contribution in [0.25, 0.3) is 28.1 Å². The first-order valence-electron chi connectivity index (χ1n) is 8.73. The average molecular weight is 364 g/mol. The number of ether oxygens (including phenoxy) is 1. The summed E-state index contributed by atoms with van der Waals surface area (Å²) in [4.78, 5) is 11.9. The molecule has 0 spiro atoms. The first-order chi connectivity index (χ1) is 13.2. The minimum atomic E-state index is -0.129. The maximum Gasteiger partial charge on any atom is 0.144 e.